The zero-order chi connectivity index (χ0) is 21.9. The van der Waals surface area contributed by atoms with Crippen LogP contribution in [0.5, 0.6) is 0 Å². The minimum atomic E-state index is 0. The molecule has 2 aliphatic carbocycles. The summed E-state index contributed by atoms with van der Waals surface area (Å²) in [6.07, 6.45) is 13.4. The van der Waals surface area contributed by atoms with Gasteiger partial charge in [-0.3, -0.25) is 12.2 Å². The molecule has 4 rings (SSSR count). The van der Waals surface area contributed by atoms with Crippen molar-refractivity contribution in [3.63, 3.8) is 0 Å². The summed E-state index contributed by atoms with van der Waals surface area (Å²) in [6.45, 7) is 8.86. The van der Waals surface area contributed by atoms with E-state index in [1.807, 2.05) is 26.8 Å². The molecule has 0 fully saturated rings. The number of hydrogen-bond acceptors (Lipinski definition) is 0. The third-order valence-electron chi connectivity index (χ3n) is 5.16. The second kappa shape index (κ2) is 20.1. The van der Waals surface area contributed by atoms with Crippen LogP contribution in [-0.2, 0) is 19.2 Å². The van der Waals surface area contributed by atoms with Crippen LogP contribution in [-0.4, -0.2) is 7.63 Å². The standard InChI is InChI=1S/2C14H15.2CH3.2ClH.H2Si.Ti/c2*1-11(2)13-8-9-14(10-13)12-6-4-3-5-7-12;;;;;;/h2*3-7,10-11H,9H2,1-2H3;2*1H3;2*1H;1H2;/q4*-1;;;;. The molecule has 0 bridgehead atoms. The number of halogens is 2. The average Bonchev–Trinajstić information content (AvgIpc) is 3.47. The van der Waals surface area contributed by atoms with Crippen LogP contribution in [0.15, 0.2) is 84.0 Å². The molecule has 2 aliphatic rings. The molecule has 2 aromatic rings. The van der Waals surface area contributed by atoms with Crippen LogP contribution < -0.4 is 0 Å². The Balaban J connectivity index is -0.000000475. The van der Waals surface area contributed by atoms with Crippen LogP contribution in [0.4, 0.5) is 0 Å². The molecule has 34 heavy (non-hydrogen) atoms. The molecule has 0 amide bonds. The Kier molecular flexibility index (Phi) is 22.2. The van der Waals surface area contributed by atoms with E-state index in [0.29, 0.717) is 11.8 Å². The number of allylic oxidation sites excluding steroid dienone is 8. The summed E-state index contributed by atoms with van der Waals surface area (Å²) >= 11 is 2.03. The molecule has 0 aliphatic heterocycles. The summed E-state index contributed by atoms with van der Waals surface area (Å²) in [4.78, 5) is 0. The molecule has 0 radical (unpaired) electrons. The van der Waals surface area contributed by atoms with Crippen LogP contribution in [0, 0.1) is 38.8 Å². The van der Waals surface area contributed by atoms with Crippen molar-refractivity contribution >= 4 is 43.6 Å². The molecular formula is C30H40Cl2SiTi-4. The van der Waals surface area contributed by atoms with E-state index in [1.54, 1.807) is 0 Å². The second-order valence-corrected chi connectivity index (χ2v) is 8.00. The summed E-state index contributed by atoms with van der Waals surface area (Å²) < 4.78 is 0. The molecule has 0 saturated heterocycles. The zero-order valence-corrected chi connectivity index (χ0v) is 26.1. The van der Waals surface area contributed by atoms with Crippen molar-refractivity contribution in [2.45, 2.75) is 40.5 Å². The SMILES string of the molecule is CC(C)C1=[C-]CC(c2ccccc2)=C1.CC(C)C1=[C-]CC(c2ccccc2)=C1.Cl.Cl.[CH3-].[CH3-].[SiH2]=[Ti]. The van der Waals surface area contributed by atoms with Crippen LogP contribution in [0.2, 0.25) is 0 Å². The second-order valence-electron chi connectivity index (χ2n) is 8.00. The van der Waals surface area contributed by atoms with Gasteiger partial charge in [0.15, 0.2) is 0 Å². The van der Waals surface area contributed by atoms with E-state index in [4.69, 9.17) is 0 Å². The van der Waals surface area contributed by atoms with Crippen molar-refractivity contribution in [2.75, 3.05) is 0 Å². The van der Waals surface area contributed by atoms with Gasteiger partial charge in [0, 0.05) is 0 Å². The van der Waals surface area contributed by atoms with E-state index in [-0.39, 0.29) is 39.7 Å². The fraction of sp³-hybridized carbons (Fsp3) is 0.267. The van der Waals surface area contributed by atoms with Gasteiger partial charge in [0.1, 0.15) is 0 Å². The first kappa shape index (κ1) is 37.5. The van der Waals surface area contributed by atoms with Gasteiger partial charge >= 0.3 is 26.8 Å². The van der Waals surface area contributed by atoms with Gasteiger partial charge in [0.2, 0.25) is 0 Å². The predicted molar refractivity (Wildman–Crippen MR) is 157 cm³/mol. The van der Waals surface area contributed by atoms with Crippen molar-refractivity contribution in [3.05, 3.63) is 122 Å². The van der Waals surface area contributed by atoms with Gasteiger partial charge in [0.05, 0.1) is 0 Å². The Morgan fingerprint density at radius 2 is 0.912 bits per heavy atom. The van der Waals surface area contributed by atoms with Crippen molar-refractivity contribution in [1.29, 1.82) is 0 Å². The van der Waals surface area contributed by atoms with E-state index in [1.165, 1.54) is 33.4 Å². The monoisotopic (exact) mass is 546 g/mol. The molecule has 0 saturated carbocycles. The molecule has 186 valence electrons. The quantitative estimate of drug-likeness (QED) is 0.266. The van der Waals surface area contributed by atoms with Gasteiger partial charge in [-0.05, 0) is 11.1 Å². The van der Waals surface area contributed by atoms with Gasteiger partial charge in [-0.1, -0.05) is 100 Å². The molecule has 0 atom stereocenters. The van der Waals surface area contributed by atoms with E-state index >= 15 is 0 Å². The Morgan fingerprint density at radius 3 is 1.15 bits per heavy atom. The van der Waals surface area contributed by atoms with E-state index in [0.717, 1.165) is 12.8 Å². The third kappa shape index (κ3) is 11.6. The first-order valence-corrected chi connectivity index (χ1v) is 14.7. The number of hydrogen-bond donors (Lipinski definition) is 0. The predicted octanol–water partition coefficient (Wildman–Crippen LogP) is 8.54. The summed E-state index contributed by atoms with van der Waals surface area (Å²) in [5, 5.41) is 0. The van der Waals surface area contributed by atoms with Crippen molar-refractivity contribution in [3.8, 4) is 0 Å². The molecule has 0 aromatic heterocycles. The summed E-state index contributed by atoms with van der Waals surface area (Å²) in [6, 6.07) is 21.1. The van der Waals surface area contributed by atoms with Gasteiger partial charge in [-0.2, -0.15) is 0 Å². The summed E-state index contributed by atoms with van der Waals surface area (Å²) in [5.74, 6) is 1.19. The van der Waals surface area contributed by atoms with Gasteiger partial charge in [-0.25, -0.2) is 23.3 Å². The Bertz CT molecular complexity index is 849. The summed E-state index contributed by atoms with van der Waals surface area (Å²) in [5.41, 5.74) is 8.16. The molecular weight excluding hydrogens is 507 g/mol. The van der Waals surface area contributed by atoms with E-state index in [2.05, 4.69) is 113 Å². The van der Waals surface area contributed by atoms with Crippen LogP contribution in [0.3, 0.4) is 0 Å². The molecule has 0 heterocycles. The van der Waals surface area contributed by atoms with Crippen LogP contribution in [0.25, 0.3) is 11.1 Å². The molecule has 0 N–H and O–H groups in total. The number of rotatable bonds is 4. The molecule has 4 heteroatoms. The van der Waals surface area contributed by atoms with Crippen LogP contribution in [0.1, 0.15) is 51.7 Å². The fourth-order valence-electron chi connectivity index (χ4n) is 3.39. The zero-order valence-electron chi connectivity index (χ0n) is 21.5. The average molecular weight is 548 g/mol. The molecule has 2 aromatic carbocycles. The first-order chi connectivity index (χ1) is 14.5. The fourth-order valence-corrected chi connectivity index (χ4v) is 3.39. The first-order valence-electron chi connectivity index (χ1n) is 10.6. The Labute approximate surface area is 236 Å². The number of benzene rings is 2. The van der Waals surface area contributed by atoms with Crippen LogP contribution >= 0.6 is 24.8 Å². The van der Waals surface area contributed by atoms with Crippen molar-refractivity contribution in [2.24, 2.45) is 11.8 Å². The van der Waals surface area contributed by atoms with E-state index < -0.39 is 0 Å². The van der Waals surface area contributed by atoms with Gasteiger partial charge in [0.25, 0.3) is 0 Å². The Morgan fingerprint density at radius 1 is 0.618 bits per heavy atom. The minimum absolute atomic E-state index is 0. The molecule has 0 spiro atoms. The third-order valence-corrected chi connectivity index (χ3v) is 5.16. The normalized spacial score (nSPS) is 13.0. The van der Waals surface area contributed by atoms with E-state index in [9.17, 15) is 0 Å². The Hall–Kier alpha value is -1.09. The van der Waals surface area contributed by atoms with Crippen molar-refractivity contribution < 1.29 is 19.2 Å². The summed E-state index contributed by atoms with van der Waals surface area (Å²) in [7, 11) is 1.86. The molecule has 0 nitrogen and oxygen atoms in total. The maximum atomic E-state index is 3.43. The maximum absolute atomic E-state index is 3.43. The van der Waals surface area contributed by atoms with Crippen molar-refractivity contribution in [1.82, 2.24) is 0 Å². The topological polar surface area (TPSA) is 0 Å². The van der Waals surface area contributed by atoms with Gasteiger partial charge < -0.3 is 14.9 Å². The molecule has 0 unspecified atom stereocenters. The van der Waals surface area contributed by atoms with Gasteiger partial charge in [-0.15, -0.1) is 48.8 Å².